The highest BCUT2D eigenvalue weighted by atomic mass is 16.6. The van der Waals surface area contributed by atoms with Crippen LogP contribution in [-0.4, -0.2) is 29.7 Å². The van der Waals surface area contributed by atoms with Gasteiger partial charge in [-0.05, 0) is 70.7 Å². The molecule has 2 unspecified atom stereocenters. The van der Waals surface area contributed by atoms with Crippen LogP contribution in [0.3, 0.4) is 0 Å². The first-order valence-electron chi connectivity index (χ1n) is 13.6. The van der Waals surface area contributed by atoms with Gasteiger partial charge in [-0.3, -0.25) is 4.90 Å². The van der Waals surface area contributed by atoms with E-state index in [1.54, 1.807) is 0 Å². The van der Waals surface area contributed by atoms with Crippen LogP contribution < -0.4 is 0 Å². The Morgan fingerprint density at radius 3 is 2.27 bits per heavy atom. The number of fused-ring (bicyclic) bond motifs is 6. The first kappa shape index (κ1) is 22.4. The molecule has 0 radical (unpaired) electrons. The quantitative estimate of drug-likeness (QED) is 0.275. The molecule has 0 spiro atoms. The van der Waals surface area contributed by atoms with E-state index in [1.807, 2.05) is 4.90 Å². The summed E-state index contributed by atoms with van der Waals surface area (Å²) in [6.45, 7) is 0.385. The van der Waals surface area contributed by atoms with E-state index < -0.39 is 0 Å². The van der Waals surface area contributed by atoms with E-state index in [1.165, 1.54) is 50.6 Å². The molecule has 1 aliphatic carbocycles. The second-order valence-electron chi connectivity index (χ2n) is 10.8. The van der Waals surface area contributed by atoms with E-state index in [4.69, 9.17) is 4.74 Å². The van der Waals surface area contributed by atoms with Crippen molar-refractivity contribution in [3.8, 4) is 11.1 Å². The van der Waals surface area contributed by atoms with E-state index in [-0.39, 0.29) is 24.1 Å². The maximum atomic E-state index is 13.5. The number of nitrogens with zero attached hydrogens (tertiary/aromatic N) is 1. The number of carbonyl (C=O) groups excluding carboxylic acids is 1. The topological polar surface area (TPSA) is 29.5 Å². The molecule has 184 valence electrons. The molecule has 1 saturated heterocycles. The molecule has 4 aromatic carbocycles. The molecule has 2 aliphatic heterocycles. The van der Waals surface area contributed by atoms with E-state index in [9.17, 15) is 4.79 Å². The van der Waals surface area contributed by atoms with Crippen LogP contribution in [0.1, 0.15) is 48.3 Å². The van der Waals surface area contributed by atoms with E-state index in [0.717, 1.165) is 25.7 Å². The van der Waals surface area contributed by atoms with E-state index in [0.29, 0.717) is 6.61 Å². The van der Waals surface area contributed by atoms with Crippen molar-refractivity contribution in [2.75, 3.05) is 6.61 Å². The lowest BCUT2D eigenvalue weighted by molar-refractivity contribution is 0.0509. The van der Waals surface area contributed by atoms with Gasteiger partial charge in [0.05, 0.1) is 6.04 Å². The Morgan fingerprint density at radius 2 is 1.51 bits per heavy atom. The zero-order valence-electron chi connectivity index (χ0n) is 21.0. The molecule has 2 bridgehead atoms. The number of rotatable bonds is 4. The van der Waals surface area contributed by atoms with Crippen LogP contribution >= 0.6 is 0 Å². The van der Waals surface area contributed by atoms with Gasteiger partial charge in [-0.15, -0.1) is 0 Å². The van der Waals surface area contributed by atoms with Crippen LogP contribution in [-0.2, 0) is 11.2 Å². The lowest BCUT2D eigenvalue weighted by Gasteiger charge is -2.44. The van der Waals surface area contributed by atoms with Crippen molar-refractivity contribution in [3.05, 3.63) is 119 Å². The largest absolute Gasteiger partial charge is 0.448 e. The Hall–Kier alpha value is -3.85. The third kappa shape index (κ3) is 4.03. The first-order valence-corrected chi connectivity index (χ1v) is 13.6. The summed E-state index contributed by atoms with van der Waals surface area (Å²) in [6, 6.07) is 32.7. The molecule has 2 atom stereocenters. The summed E-state index contributed by atoms with van der Waals surface area (Å²) in [5, 5.41) is 2.57. The van der Waals surface area contributed by atoms with Gasteiger partial charge in [0.2, 0.25) is 0 Å². The van der Waals surface area contributed by atoms with Crippen molar-refractivity contribution < 1.29 is 9.53 Å². The SMILES string of the molecule is O=C(OCC1c2ccccc2-c2ccccc21)N1C2C=C(Cc3ccc4ccccc4c3)CC1CCC2. The number of benzene rings is 4. The Kier molecular flexibility index (Phi) is 5.57. The standard InChI is InChI=1S/C34H31NO2/c36-34(37-22-33-31-14-5-3-12-29(31)30-13-4-6-15-32(30)33)35-27-10-7-11-28(35)21-24(20-27)18-23-16-17-25-8-1-2-9-26(25)19-23/h1-6,8-9,12-17,19-20,27-28,33H,7,10-11,18,21-22H2. The number of piperidine rings is 1. The fourth-order valence-corrected chi connectivity index (χ4v) is 6.81. The molecule has 37 heavy (non-hydrogen) atoms. The summed E-state index contributed by atoms with van der Waals surface area (Å²) < 4.78 is 6.07. The van der Waals surface area contributed by atoms with Gasteiger partial charge in [-0.2, -0.15) is 0 Å². The molecule has 0 N–H and O–H groups in total. The summed E-state index contributed by atoms with van der Waals surface area (Å²) in [4.78, 5) is 15.5. The van der Waals surface area contributed by atoms with Crippen LogP contribution in [0.15, 0.2) is 103 Å². The van der Waals surface area contributed by atoms with Crippen molar-refractivity contribution in [1.82, 2.24) is 4.90 Å². The second-order valence-corrected chi connectivity index (χ2v) is 10.8. The molecule has 1 fully saturated rings. The lowest BCUT2D eigenvalue weighted by Crippen LogP contribution is -2.52. The first-order chi connectivity index (χ1) is 18.2. The predicted molar refractivity (Wildman–Crippen MR) is 149 cm³/mol. The summed E-state index contributed by atoms with van der Waals surface area (Å²) in [6.07, 6.45) is 7.33. The maximum absolute atomic E-state index is 13.5. The third-order valence-corrected chi connectivity index (χ3v) is 8.51. The molecule has 1 amide bonds. The van der Waals surface area contributed by atoms with Crippen LogP contribution in [0.5, 0.6) is 0 Å². The van der Waals surface area contributed by atoms with Crippen LogP contribution in [0, 0.1) is 0 Å². The Morgan fingerprint density at radius 1 is 0.811 bits per heavy atom. The molecular formula is C34H31NO2. The fourth-order valence-electron chi connectivity index (χ4n) is 6.81. The van der Waals surface area contributed by atoms with Crippen molar-refractivity contribution in [2.45, 2.75) is 50.1 Å². The predicted octanol–water partition coefficient (Wildman–Crippen LogP) is 7.88. The molecule has 0 aromatic heterocycles. The van der Waals surface area contributed by atoms with Gasteiger partial charge < -0.3 is 4.74 Å². The molecule has 3 aliphatic rings. The van der Waals surface area contributed by atoms with Gasteiger partial charge in [0.25, 0.3) is 0 Å². The van der Waals surface area contributed by atoms with Crippen molar-refractivity contribution in [3.63, 3.8) is 0 Å². The van der Waals surface area contributed by atoms with Crippen LogP contribution in [0.4, 0.5) is 4.79 Å². The van der Waals surface area contributed by atoms with Crippen LogP contribution in [0.2, 0.25) is 0 Å². The van der Waals surface area contributed by atoms with Gasteiger partial charge in [0.15, 0.2) is 0 Å². The number of hydrogen-bond acceptors (Lipinski definition) is 2. The van der Waals surface area contributed by atoms with E-state index in [2.05, 4.69) is 97.1 Å². The van der Waals surface area contributed by atoms with Crippen molar-refractivity contribution in [2.24, 2.45) is 0 Å². The zero-order chi connectivity index (χ0) is 24.8. The minimum absolute atomic E-state index is 0.0972. The third-order valence-electron chi connectivity index (χ3n) is 8.51. The molecule has 0 saturated carbocycles. The fraction of sp³-hybridized carbons (Fsp3) is 0.265. The Bertz CT molecular complexity index is 1470. The molecule has 3 heteroatoms. The summed E-state index contributed by atoms with van der Waals surface area (Å²) >= 11 is 0. The summed E-state index contributed by atoms with van der Waals surface area (Å²) in [5.41, 5.74) is 7.83. The highest BCUT2D eigenvalue weighted by molar-refractivity contribution is 5.83. The number of hydrogen-bond donors (Lipinski definition) is 0. The van der Waals surface area contributed by atoms with Crippen molar-refractivity contribution in [1.29, 1.82) is 0 Å². The van der Waals surface area contributed by atoms with E-state index >= 15 is 0 Å². The van der Waals surface area contributed by atoms with Gasteiger partial charge in [-0.1, -0.05) is 103 Å². The Balaban J connectivity index is 1.08. The highest BCUT2D eigenvalue weighted by Crippen LogP contribution is 2.45. The normalized spacial score (nSPS) is 20.3. The zero-order valence-corrected chi connectivity index (χ0v) is 21.0. The molecule has 4 aromatic rings. The number of amides is 1. The minimum atomic E-state index is -0.155. The lowest BCUT2D eigenvalue weighted by atomic mass is 9.83. The van der Waals surface area contributed by atoms with Gasteiger partial charge in [0, 0.05) is 12.0 Å². The average molecular weight is 486 g/mol. The molecule has 2 heterocycles. The number of carbonyl (C=O) groups is 1. The number of ether oxygens (including phenoxy) is 1. The van der Waals surface area contributed by atoms with Gasteiger partial charge in [0.1, 0.15) is 6.61 Å². The average Bonchev–Trinajstić information content (AvgIpc) is 3.25. The van der Waals surface area contributed by atoms with Gasteiger partial charge >= 0.3 is 6.09 Å². The molecule has 3 nitrogen and oxygen atoms in total. The maximum Gasteiger partial charge on any atom is 0.410 e. The van der Waals surface area contributed by atoms with Crippen molar-refractivity contribution >= 4 is 16.9 Å². The second kappa shape index (κ2) is 9.23. The monoisotopic (exact) mass is 485 g/mol. The molecular weight excluding hydrogens is 454 g/mol. The van der Waals surface area contributed by atoms with Gasteiger partial charge in [-0.25, -0.2) is 4.79 Å². The summed E-state index contributed by atoms with van der Waals surface area (Å²) in [7, 11) is 0. The molecule has 7 rings (SSSR count). The smallest absolute Gasteiger partial charge is 0.410 e. The minimum Gasteiger partial charge on any atom is -0.448 e. The van der Waals surface area contributed by atoms with Crippen LogP contribution in [0.25, 0.3) is 21.9 Å². The highest BCUT2D eigenvalue weighted by Gasteiger charge is 2.38. The summed E-state index contributed by atoms with van der Waals surface area (Å²) in [5.74, 6) is 0.0972. The Labute approximate surface area is 218 Å².